The molecule has 0 atom stereocenters. The molecule has 0 saturated carbocycles. The summed E-state index contributed by atoms with van der Waals surface area (Å²) < 4.78 is 0. The summed E-state index contributed by atoms with van der Waals surface area (Å²) in [6, 6.07) is 0. The van der Waals surface area contributed by atoms with Gasteiger partial charge in [-0.05, 0) is 12.8 Å². The maximum atomic E-state index is 3.20. The van der Waals surface area contributed by atoms with E-state index in [4.69, 9.17) is 0 Å². The van der Waals surface area contributed by atoms with Crippen LogP contribution in [0.1, 0.15) is 32.6 Å². The summed E-state index contributed by atoms with van der Waals surface area (Å²) >= 11 is 0. The Morgan fingerprint density at radius 3 is 2.90 bits per heavy atom. The first-order valence-electron chi connectivity index (χ1n) is 4.05. The van der Waals surface area contributed by atoms with Gasteiger partial charge < -0.3 is 0 Å². The van der Waals surface area contributed by atoms with Crippen LogP contribution in [0.15, 0.2) is 23.8 Å². The minimum atomic E-state index is 1.21. The minimum absolute atomic E-state index is 1.21. The van der Waals surface area contributed by atoms with E-state index in [2.05, 4.69) is 25.5 Å². The van der Waals surface area contributed by atoms with Gasteiger partial charge in [0.25, 0.3) is 0 Å². The van der Waals surface area contributed by atoms with Gasteiger partial charge in [-0.3, -0.25) is 0 Å². The summed E-state index contributed by atoms with van der Waals surface area (Å²) in [7, 11) is 0. The van der Waals surface area contributed by atoms with Crippen molar-refractivity contribution in [3.05, 3.63) is 30.2 Å². The van der Waals surface area contributed by atoms with Crippen LogP contribution in [0, 0.1) is 6.42 Å². The quantitative estimate of drug-likeness (QED) is 0.518. The van der Waals surface area contributed by atoms with Gasteiger partial charge in [0, 0.05) is 6.42 Å². The SMILES string of the molecule is CCCCCC1=CC=C[C]1. The van der Waals surface area contributed by atoms with Gasteiger partial charge in [0.05, 0.1) is 0 Å². The molecule has 1 aliphatic carbocycles. The maximum Gasteiger partial charge on any atom is 0.0378 e. The molecule has 0 aromatic carbocycles. The first-order valence-corrected chi connectivity index (χ1v) is 4.05. The highest BCUT2D eigenvalue weighted by atomic mass is 14.0. The largest absolute Gasteiger partial charge is 0.0718 e. The van der Waals surface area contributed by atoms with Crippen molar-refractivity contribution in [3.63, 3.8) is 0 Å². The average molecular weight is 134 g/mol. The molecule has 0 amide bonds. The molecule has 0 saturated heterocycles. The van der Waals surface area contributed by atoms with Crippen molar-refractivity contribution < 1.29 is 0 Å². The average Bonchev–Trinajstić information content (AvgIpc) is 2.41. The van der Waals surface area contributed by atoms with E-state index in [1.165, 1.54) is 31.3 Å². The van der Waals surface area contributed by atoms with Crippen molar-refractivity contribution in [1.29, 1.82) is 0 Å². The van der Waals surface area contributed by atoms with Gasteiger partial charge >= 0.3 is 0 Å². The predicted octanol–water partition coefficient (Wildman–Crippen LogP) is 3.14. The Labute approximate surface area is 63.6 Å². The highest BCUT2D eigenvalue weighted by molar-refractivity contribution is 5.33. The van der Waals surface area contributed by atoms with Crippen LogP contribution < -0.4 is 0 Å². The third kappa shape index (κ3) is 2.38. The highest BCUT2D eigenvalue weighted by Gasteiger charge is 1.98. The molecule has 0 bridgehead atoms. The van der Waals surface area contributed by atoms with Crippen LogP contribution >= 0.6 is 0 Å². The van der Waals surface area contributed by atoms with Crippen LogP contribution in [-0.2, 0) is 0 Å². The fraction of sp³-hybridized carbons (Fsp3) is 0.500. The second-order valence-electron chi connectivity index (χ2n) is 2.65. The Hall–Kier alpha value is -0.520. The molecule has 1 rings (SSSR count). The van der Waals surface area contributed by atoms with E-state index in [0.717, 1.165) is 0 Å². The van der Waals surface area contributed by atoms with E-state index in [1.54, 1.807) is 0 Å². The number of allylic oxidation sites excluding steroid dienone is 4. The first-order chi connectivity index (χ1) is 4.93. The van der Waals surface area contributed by atoms with E-state index >= 15 is 0 Å². The molecule has 10 heavy (non-hydrogen) atoms. The van der Waals surface area contributed by atoms with Gasteiger partial charge in [-0.15, -0.1) is 0 Å². The molecular formula is C10H14. The topological polar surface area (TPSA) is 0 Å². The summed E-state index contributed by atoms with van der Waals surface area (Å²) in [5.41, 5.74) is 1.37. The molecule has 0 fully saturated rings. The zero-order valence-electron chi connectivity index (χ0n) is 6.56. The van der Waals surface area contributed by atoms with Crippen LogP contribution in [0.3, 0.4) is 0 Å². The maximum absolute atomic E-state index is 3.20. The van der Waals surface area contributed by atoms with Crippen molar-refractivity contribution in [2.45, 2.75) is 32.6 Å². The number of hydrogen-bond donors (Lipinski definition) is 0. The molecule has 0 spiro atoms. The summed E-state index contributed by atoms with van der Waals surface area (Å²) in [6.07, 6.45) is 14.6. The fourth-order valence-corrected chi connectivity index (χ4v) is 1.09. The minimum Gasteiger partial charge on any atom is -0.0718 e. The lowest BCUT2D eigenvalue weighted by molar-refractivity contribution is 0.717. The summed E-state index contributed by atoms with van der Waals surface area (Å²) in [6.45, 7) is 2.23. The normalized spacial score (nSPS) is 15.9. The zero-order valence-corrected chi connectivity index (χ0v) is 6.56. The molecule has 0 unspecified atom stereocenters. The van der Waals surface area contributed by atoms with Gasteiger partial charge in [-0.1, -0.05) is 43.6 Å². The lowest BCUT2D eigenvalue weighted by Gasteiger charge is -1.97. The van der Waals surface area contributed by atoms with Gasteiger partial charge in [0.15, 0.2) is 0 Å². The summed E-state index contributed by atoms with van der Waals surface area (Å²) in [5, 5.41) is 0. The van der Waals surface area contributed by atoms with Gasteiger partial charge in [0.1, 0.15) is 0 Å². The standard InChI is InChI=1S/C10H14/c1-2-3-4-7-10-8-5-6-9-10/h5-6,8H,2-4,7H2,1H3. The first kappa shape index (κ1) is 7.59. The van der Waals surface area contributed by atoms with E-state index in [1.807, 2.05) is 6.08 Å². The monoisotopic (exact) mass is 134 g/mol. The van der Waals surface area contributed by atoms with E-state index in [-0.39, 0.29) is 0 Å². The fourth-order valence-electron chi connectivity index (χ4n) is 1.09. The molecule has 0 aromatic rings. The summed E-state index contributed by atoms with van der Waals surface area (Å²) in [4.78, 5) is 0. The van der Waals surface area contributed by atoms with E-state index in [0.29, 0.717) is 0 Å². The van der Waals surface area contributed by atoms with Gasteiger partial charge in [0.2, 0.25) is 0 Å². The van der Waals surface area contributed by atoms with E-state index in [9.17, 15) is 0 Å². The lowest BCUT2D eigenvalue weighted by Crippen LogP contribution is -1.79. The van der Waals surface area contributed by atoms with Crippen molar-refractivity contribution in [1.82, 2.24) is 0 Å². The molecule has 0 heterocycles. The molecule has 54 valence electrons. The van der Waals surface area contributed by atoms with Gasteiger partial charge in [-0.2, -0.15) is 0 Å². The lowest BCUT2D eigenvalue weighted by atomic mass is 10.1. The molecule has 0 heteroatoms. The second-order valence-corrected chi connectivity index (χ2v) is 2.65. The van der Waals surface area contributed by atoms with E-state index < -0.39 is 0 Å². The Balaban J connectivity index is 2.04. The zero-order chi connectivity index (χ0) is 7.23. The van der Waals surface area contributed by atoms with Crippen LogP contribution in [-0.4, -0.2) is 0 Å². The molecule has 0 N–H and O–H groups in total. The van der Waals surface area contributed by atoms with Gasteiger partial charge in [-0.25, -0.2) is 0 Å². The molecule has 2 radical (unpaired) electrons. The van der Waals surface area contributed by atoms with Crippen molar-refractivity contribution in [2.75, 3.05) is 0 Å². The number of unbranched alkanes of at least 4 members (excludes halogenated alkanes) is 2. The third-order valence-corrected chi connectivity index (χ3v) is 1.71. The van der Waals surface area contributed by atoms with Crippen LogP contribution in [0.4, 0.5) is 0 Å². The Morgan fingerprint density at radius 1 is 1.40 bits per heavy atom. The third-order valence-electron chi connectivity index (χ3n) is 1.71. The van der Waals surface area contributed by atoms with Crippen molar-refractivity contribution >= 4 is 0 Å². The molecule has 0 nitrogen and oxygen atoms in total. The number of hydrogen-bond acceptors (Lipinski definition) is 0. The van der Waals surface area contributed by atoms with Crippen LogP contribution in [0.5, 0.6) is 0 Å². The Morgan fingerprint density at radius 2 is 2.30 bits per heavy atom. The Kier molecular flexibility index (Phi) is 3.28. The number of rotatable bonds is 4. The predicted molar refractivity (Wildman–Crippen MR) is 44.6 cm³/mol. The van der Waals surface area contributed by atoms with Crippen molar-refractivity contribution in [3.8, 4) is 0 Å². The Bertz CT molecular complexity index is 140. The molecule has 0 aliphatic heterocycles. The highest BCUT2D eigenvalue weighted by Crippen LogP contribution is 2.16. The second kappa shape index (κ2) is 4.32. The van der Waals surface area contributed by atoms with Crippen LogP contribution in [0.2, 0.25) is 0 Å². The van der Waals surface area contributed by atoms with Crippen molar-refractivity contribution in [2.24, 2.45) is 0 Å². The smallest absolute Gasteiger partial charge is 0.0378 e. The molecular weight excluding hydrogens is 120 g/mol. The molecule has 1 aliphatic rings. The molecule has 0 aromatic heterocycles. The summed E-state index contributed by atoms with van der Waals surface area (Å²) in [5.74, 6) is 0. The van der Waals surface area contributed by atoms with Crippen LogP contribution in [0.25, 0.3) is 0 Å².